The van der Waals surface area contributed by atoms with Gasteiger partial charge in [0.05, 0.1) is 23.5 Å². The molecule has 3 N–H and O–H groups in total. The van der Waals surface area contributed by atoms with Crippen molar-refractivity contribution in [1.29, 1.82) is 0 Å². The number of carbonyl (C=O) groups excluding carboxylic acids is 1. The lowest BCUT2D eigenvalue weighted by Gasteiger charge is -2.59. The first-order valence-corrected chi connectivity index (χ1v) is 13.3. The van der Waals surface area contributed by atoms with E-state index in [9.17, 15) is 20.1 Å². The Labute approximate surface area is 213 Å². The number of para-hydroxylation sites is 1. The molecule has 1 unspecified atom stereocenters. The number of benzene rings is 1. The Kier molecular flexibility index (Phi) is 6.54. The van der Waals surface area contributed by atoms with E-state index in [-0.39, 0.29) is 30.0 Å². The van der Waals surface area contributed by atoms with Crippen molar-refractivity contribution < 1.29 is 29.7 Å². The lowest BCUT2D eigenvalue weighted by atomic mass is 9.46. The number of hydrogen-bond donors (Lipinski definition) is 3. The zero-order valence-electron chi connectivity index (χ0n) is 21.5. The molecule has 4 aliphatic rings. The van der Waals surface area contributed by atoms with Gasteiger partial charge in [0.1, 0.15) is 12.4 Å². The van der Waals surface area contributed by atoms with E-state index in [1.54, 1.807) is 6.08 Å². The number of oxime groups is 1. The average molecular weight is 498 g/mol. The highest BCUT2D eigenvalue weighted by Crippen LogP contribution is 2.67. The quantitative estimate of drug-likeness (QED) is 0.314. The zero-order chi connectivity index (χ0) is 25.7. The summed E-state index contributed by atoms with van der Waals surface area (Å²) >= 11 is 0. The monoisotopic (exact) mass is 497 g/mol. The van der Waals surface area contributed by atoms with Crippen LogP contribution in [0.15, 0.2) is 47.1 Å². The number of ether oxygens (including phenoxy) is 1. The number of hydrogen-bond acceptors (Lipinski definition) is 7. The molecule has 0 aromatic heterocycles. The van der Waals surface area contributed by atoms with E-state index in [4.69, 9.17) is 9.57 Å². The summed E-state index contributed by atoms with van der Waals surface area (Å²) in [6.45, 7) is 6.87. The zero-order valence-corrected chi connectivity index (χ0v) is 21.5. The second-order valence-corrected chi connectivity index (χ2v) is 11.8. The Hall–Kier alpha value is -2.22. The molecule has 0 heterocycles. The van der Waals surface area contributed by atoms with Crippen molar-refractivity contribution in [1.82, 2.24) is 0 Å². The largest absolute Gasteiger partial charge is 0.490 e. The van der Waals surface area contributed by atoms with E-state index in [0.29, 0.717) is 26.1 Å². The molecule has 0 aliphatic heterocycles. The van der Waals surface area contributed by atoms with Crippen molar-refractivity contribution in [3.05, 3.63) is 42.0 Å². The molecular formula is C29H39NO6. The van der Waals surface area contributed by atoms with Crippen molar-refractivity contribution >= 4 is 11.5 Å². The molecule has 3 fully saturated rings. The molecule has 3 saturated carbocycles. The summed E-state index contributed by atoms with van der Waals surface area (Å²) in [5, 5.41) is 37.3. The highest BCUT2D eigenvalue weighted by atomic mass is 16.6. The van der Waals surface area contributed by atoms with Gasteiger partial charge in [-0.2, -0.15) is 0 Å². The van der Waals surface area contributed by atoms with Crippen LogP contribution in [-0.2, 0) is 9.63 Å². The Morgan fingerprint density at radius 2 is 1.81 bits per heavy atom. The number of carbonyl (C=O) groups is 1. The second kappa shape index (κ2) is 9.26. The molecule has 0 spiro atoms. The lowest BCUT2D eigenvalue weighted by Crippen LogP contribution is -2.60. The van der Waals surface area contributed by atoms with Crippen molar-refractivity contribution in [3.63, 3.8) is 0 Å². The van der Waals surface area contributed by atoms with Crippen LogP contribution in [0.1, 0.15) is 59.3 Å². The predicted octanol–water partition coefficient (Wildman–Crippen LogP) is 3.66. The van der Waals surface area contributed by atoms with Crippen molar-refractivity contribution in [2.75, 3.05) is 13.2 Å². The molecular weight excluding hydrogens is 458 g/mol. The van der Waals surface area contributed by atoms with Gasteiger partial charge in [-0.15, -0.1) is 0 Å². The summed E-state index contributed by atoms with van der Waals surface area (Å²) in [4.78, 5) is 18.8. The van der Waals surface area contributed by atoms with E-state index < -0.39 is 28.6 Å². The molecule has 1 aromatic carbocycles. The highest BCUT2D eigenvalue weighted by Gasteiger charge is 2.66. The third-order valence-electron chi connectivity index (χ3n) is 10.0. The molecule has 0 saturated heterocycles. The molecule has 36 heavy (non-hydrogen) atoms. The van der Waals surface area contributed by atoms with Crippen molar-refractivity contribution in [3.8, 4) is 5.75 Å². The molecule has 5 rings (SSSR count). The first kappa shape index (κ1) is 25.4. The number of nitrogens with zero attached hydrogens (tertiary/aromatic N) is 1. The van der Waals surface area contributed by atoms with E-state index in [0.717, 1.165) is 36.3 Å². The molecule has 1 aromatic rings. The fourth-order valence-electron chi connectivity index (χ4n) is 7.96. The summed E-state index contributed by atoms with van der Waals surface area (Å²) < 4.78 is 5.66. The maximum absolute atomic E-state index is 13.3. The molecule has 0 radical (unpaired) electrons. The van der Waals surface area contributed by atoms with Crippen LogP contribution in [-0.4, -0.2) is 57.8 Å². The minimum absolute atomic E-state index is 0.0165. The van der Waals surface area contributed by atoms with Gasteiger partial charge in [0.25, 0.3) is 0 Å². The summed E-state index contributed by atoms with van der Waals surface area (Å²) in [5.41, 5.74) is -0.327. The molecule has 0 amide bonds. The Morgan fingerprint density at radius 1 is 1.06 bits per heavy atom. The molecule has 4 aliphatic carbocycles. The smallest absolute Gasteiger partial charge is 0.159 e. The standard InChI is InChI=1S/C29H39NO6/c1-18(30-36-14-13-35-19-7-5-4-6-8-19)20-10-12-29(34)22-15-24(31)23-16-25(32)26(33)17-27(23,2)21(22)9-11-28(20,29)3/h4-8,15,20-21,23,25-26,32-34H,9-14,16-17H2,1-3H3/b30-18-/t20-,21?,23+,25-,26+,27-,28-,29-/m1/s1. The average Bonchev–Trinajstić information content (AvgIpc) is 3.13. The Bertz CT molecular complexity index is 1060. The lowest BCUT2D eigenvalue weighted by molar-refractivity contribution is -0.151. The summed E-state index contributed by atoms with van der Waals surface area (Å²) in [7, 11) is 0. The summed E-state index contributed by atoms with van der Waals surface area (Å²) in [5.74, 6) is 0.507. The third kappa shape index (κ3) is 3.91. The number of aliphatic hydroxyl groups is 3. The summed E-state index contributed by atoms with van der Waals surface area (Å²) in [6.07, 6.45) is 3.62. The fraction of sp³-hybridized carbons (Fsp3) is 0.655. The SMILES string of the molecule is C/C(=N/OCCOc1ccccc1)[C@H]1CC[C@@]2(O)C3=CC(=O)[C@@H]4C[C@@H](O)[C@@H](O)C[C@]4(C)C3CC[C@]12C. The molecule has 0 bridgehead atoms. The van der Waals surface area contributed by atoms with Gasteiger partial charge >= 0.3 is 0 Å². The molecule has 196 valence electrons. The highest BCUT2D eigenvalue weighted by molar-refractivity contribution is 5.95. The van der Waals surface area contributed by atoms with Crippen molar-refractivity contribution in [2.24, 2.45) is 33.7 Å². The van der Waals surface area contributed by atoms with Gasteiger partial charge < -0.3 is 24.9 Å². The second-order valence-electron chi connectivity index (χ2n) is 11.8. The number of allylic oxidation sites excluding steroid dienone is 1. The van der Waals surface area contributed by atoms with Gasteiger partial charge in [-0.3, -0.25) is 4.79 Å². The summed E-state index contributed by atoms with van der Waals surface area (Å²) in [6, 6.07) is 9.58. The number of aliphatic hydroxyl groups excluding tert-OH is 2. The van der Waals surface area contributed by atoms with Crippen LogP contribution in [0.4, 0.5) is 0 Å². The number of fused-ring (bicyclic) bond motifs is 5. The van der Waals surface area contributed by atoms with Crippen LogP contribution in [0.25, 0.3) is 0 Å². The van der Waals surface area contributed by atoms with Crippen LogP contribution >= 0.6 is 0 Å². The van der Waals surface area contributed by atoms with Gasteiger partial charge in [-0.1, -0.05) is 37.2 Å². The van der Waals surface area contributed by atoms with Crippen LogP contribution in [0.5, 0.6) is 5.75 Å². The van der Waals surface area contributed by atoms with E-state index >= 15 is 0 Å². The Morgan fingerprint density at radius 3 is 2.56 bits per heavy atom. The minimum Gasteiger partial charge on any atom is -0.490 e. The van der Waals surface area contributed by atoms with E-state index in [1.165, 1.54) is 0 Å². The van der Waals surface area contributed by atoms with Gasteiger partial charge in [-0.05, 0) is 80.6 Å². The van der Waals surface area contributed by atoms with Crippen LogP contribution in [0.3, 0.4) is 0 Å². The van der Waals surface area contributed by atoms with Gasteiger partial charge in [-0.25, -0.2) is 0 Å². The first-order valence-electron chi connectivity index (χ1n) is 13.3. The topological polar surface area (TPSA) is 109 Å². The van der Waals surface area contributed by atoms with Crippen LogP contribution in [0, 0.1) is 28.6 Å². The minimum atomic E-state index is -1.10. The predicted molar refractivity (Wildman–Crippen MR) is 135 cm³/mol. The van der Waals surface area contributed by atoms with Crippen molar-refractivity contribution in [2.45, 2.75) is 77.1 Å². The molecule has 8 atom stereocenters. The normalized spacial score (nSPS) is 42.2. The number of ketones is 1. The maximum atomic E-state index is 13.3. The maximum Gasteiger partial charge on any atom is 0.159 e. The fourth-order valence-corrected chi connectivity index (χ4v) is 7.96. The van der Waals surface area contributed by atoms with E-state index in [1.807, 2.05) is 37.3 Å². The van der Waals surface area contributed by atoms with Crippen LogP contribution < -0.4 is 4.74 Å². The molecule has 7 heteroatoms. The van der Waals surface area contributed by atoms with Gasteiger partial charge in [0.2, 0.25) is 0 Å². The number of rotatable bonds is 6. The first-order chi connectivity index (χ1) is 17.1. The molecule has 7 nitrogen and oxygen atoms in total. The van der Waals surface area contributed by atoms with Gasteiger partial charge in [0, 0.05) is 17.3 Å². The van der Waals surface area contributed by atoms with E-state index in [2.05, 4.69) is 19.0 Å². The Balaban J connectivity index is 1.31. The van der Waals surface area contributed by atoms with Gasteiger partial charge in [0.15, 0.2) is 12.4 Å². The van der Waals surface area contributed by atoms with Crippen LogP contribution in [0.2, 0.25) is 0 Å². The third-order valence-corrected chi connectivity index (χ3v) is 10.0.